The summed E-state index contributed by atoms with van der Waals surface area (Å²) < 4.78 is 1.09. The summed E-state index contributed by atoms with van der Waals surface area (Å²) in [4.78, 5) is 19.2. The van der Waals surface area contributed by atoms with Gasteiger partial charge in [0, 0.05) is 16.3 Å². The van der Waals surface area contributed by atoms with Crippen LogP contribution in [0.1, 0.15) is 5.56 Å². The van der Waals surface area contributed by atoms with Gasteiger partial charge in [0.05, 0.1) is 20.8 Å². The number of para-hydroxylation sites is 1. The summed E-state index contributed by atoms with van der Waals surface area (Å²) in [7, 11) is 0. The van der Waals surface area contributed by atoms with E-state index >= 15 is 0 Å². The molecule has 3 aromatic rings. The molecule has 124 valence electrons. The number of benzene rings is 4. The highest BCUT2D eigenvalue weighted by Crippen LogP contribution is 2.40. The molecule has 0 radical (unpaired) electrons. The number of rotatable bonds is 1. The summed E-state index contributed by atoms with van der Waals surface area (Å²) in [5.74, 6) is 0. The van der Waals surface area contributed by atoms with Crippen molar-refractivity contribution in [3.05, 3.63) is 88.6 Å². The van der Waals surface area contributed by atoms with Gasteiger partial charge in [-0.3, -0.25) is 4.79 Å². The molecule has 0 saturated carbocycles. The van der Waals surface area contributed by atoms with Gasteiger partial charge in [-0.15, -0.1) is 11.3 Å². The first-order valence-corrected chi connectivity index (χ1v) is 9.35. The molecular weight excluding hydrogens is 338 g/mol. The summed E-state index contributed by atoms with van der Waals surface area (Å²) in [6, 6.07) is 24.0. The molecule has 2 aliphatic rings. The lowest BCUT2D eigenvalue weighted by Gasteiger charge is -2.15. The Kier molecular flexibility index (Phi) is 3.37. The van der Waals surface area contributed by atoms with Crippen molar-refractivity contribution >= 4 is 32.3 Å². The van der Waals surface area contributed by atoms with E-state index in [0.29, 0.717) is 0 Å². The fourth-order valence-corrected chi connectivity index (χ4v) is 4.57. The van der Waals surface area contributed by atoms with Crippen molar-refractivity contribution in [3.63, 3.8) is 0 Å². The average Bonchev–Trinajstić information content (AvgIpc) is 2.68. The molecule has 0 atom stereocenters. The fourth-order valence-electron chi connectivity index (χ4n) is 3.43. The molecule has 0 saturated heterocycles. The second-order valence-electron chi connectivity index (χ2n) is 6.48. The lowest BCUT2D eigenvalue weighted by atomic mass is 9.95. The number of fused-ring (bicyclic) bond motifs is 4. The van der Waals surface area contributed by atoms with Crippen molar-refractivity contribution < 1.29 is 0 Å². The summed E-state index contributed by atoms with van der Waals surface area (Å²) in [6.45, 7) is 2.05. The number of nitrogens with zero attached hydrogens (tertiary/aromatic N) is 1. The van der Waals surface area contributed by atoms with Gasteiger partial charge < -0.3 is 0 Å². The van der Waals surface area contributed by atoms with Crippen LogP contribution in [-0.4, -0.2) is 4.98 Å². The Morgan fingerprint density at radius 1 is 0.808 bits per heavy atom. The van der Waals surface area contributed by atoms with E-state index in [-0.39, 0.29) is 5.43 Å². The molecule has 0 unspecified atom stereocenters. The van der Waals surface area contributed by atoms with Gasteiger partial charge in [-0.25, -0.2) is 4.98 Å². The summed E-state index contributed by atoms with van der Waals surface area (Å²) in [5.41, 5.74) is 4.82. The van der Waals surface area contributed by atoms with Crippen LogP contribution in [0.15, 0.2) is 77.6 Å². The Morgan fingerprint density at radius 2 is 1.50 bits per heavy atom. The highest BCUT2D eigenvalue weighted by Gasteiger charge is 2.21. The highest BCUT2D eigenvalue weighted by atomic mass is 32.1. The van der Waals surface area contributed by atoms with Crippen molar-refractivity contribution in [2.75, 3.05) is 0 Å². The van der Waals surface area contributed by atoms with E-state index < -0.39 is 0 Å². The maximum absolute atomic E-state index is 13.3. The van der Waals surface area contributed by atoms with Crippen LogP contribution in [0.5, 0.6) is 0 Å². The molecule has 1 heterocycles. The lowest BCUT2D eigenvalue weighted by Crippen LogP contribution is -2.09. The lowest BCUT2D eigenvalue weighted by molar-refractivity contribution is 1.43. The molecule has 0 amide bonds. The molecule has 0 bridgehead atoms. The average molecular weight is 353 g/mol. The minimum Gasteiger partial charge on any atom is -0.289 e. The zero-order chi connectivity index (χ0) is 17.7. The SMILES string of the molecule is Cc1ccc(-c2c3sc4ccccc4nc-3c3ccccc3c2=O)cc1. The van der Waals surface area contributed by atoms with Gasteiger partial charge in [0.25, 0.3) is 0 Å². The maximum Gasteiger partial charge on any atom is 0.195 e. The Labute approximate surface area is 154 Å². The predicted molar refractivity (Wildman–Crippen MR) is 110 cm³/mol. The Morgan fingerprint density at radius 3 is 2.31 bits per heavy atom. The quantitative estimate of drug-likeness (QED) is 0.278. The van der Waals surface area contributed by atoms with Crippen molar-refractivity contribution in [2.24, 2.45) is 0 Å². The van der Waals surface area contributed by atoms with Crippen LogP contribution in [0, 0.1) is 6.92 Å². The molecule has 3 heteroatoms. The standard InChI is InChI=1S/C23H15NOS/c1-14-10-12-15(13-11-14)20-22(25)17-7-3-2-6-16(17)21-23(20)26-19-9-5-4-8-18(19)24-21/h2-13H,1H3. The minimum atomic E-state index is 0.0743. The third-order valence-electron chi connectivity index (χ3n) is 4.75. The molecule has 1 aliphatic carbocycles. The zero-order valence-electron chi connectivity index (χ0n) is 14.2. The van der Waals surface area contributed by atoms with Gasteiger partial charge in [-0.2, -0.15) is 0 Å². The maximum atomic E-state index is 13.3. The van der Waals surface area contributed by atoms with Gasteiger partial charge in [0.1, 0.15) is 0 Å². The first-order valence-electron chi connectivity index (χ1n) is 8.54. The second kappa shape index (κ2) is 5.75. The van der Waals surface area contributed by atoms with E-state index in [0.717, 1.165) is 42.7 Å². The van der Waals surface area contributed by atoms with Crippen LogP contribution in [-0.2, 0) is 0 Å². The molecule has 26 heavy (non-hydrogen) atoms. The van der Waals surface area contributed by atoms with Gasteiger partial charge in [0.15, 0.2) is 5.43 Å². The molecule has 0 aromatic heterocycles. The van der Waals surface area contributed by atoms with E-state index in [1.165, 1.54) is 5.56 Å². The highest BCUT2D eigenvalue weighted by molar-refractivity contribution is 7.22. The van der Waals surface area contributed by atoms with Crippen molar-refractivity contribution in [3.8, 4) is 21.7 Å². The van der Waals surface area contributed by atoms with Crippen molar-refractivity contribution in [1.29, 1.82) is 0 Å². The number of hydrogen-bond acceptors (Lipinski definition) is 3. The third kappa shape index (κ3) is 2.25. The van der Waals surface area contributed by atoms with Crippen molar-refractivity contribution in [2.45, 2.75) is 6.92 Å². The monoisotopic (exact) mass is 353 g/mol. The molecule has 3 aromatic carbocycles. The molecule has 0 N–H and O–H groups in total. The topological polar surface area (TPSA) is 30.0 Å². The van der Waals surface area contributed by atoms with Gasteiger partial charge in [-0.1, -0.05) is 66.2 Å². The summed E-state index contributed by atoms with van der Waals surface area (Å²) in [6.07, 6.45) is 0. The van der Waals surface area contributed by atoms with E-state index in [2.05, 4.69) is 25.1 Å². The third-order valence-corrected chi connectivity index (χ3v) is 5.91. The van der Waals surface area contributed by atoms with Gasteiger partial charge in [-0.05, 0) is 24.6 Å². The Bertz CT molecular complexity index is 1300. The van der Waals surface area contributed by atoms with Crippen molar-refractivity contribution in [1.82, 2.24) is 4.98 Å². The van der Waals surface area contributed by atoms with Crippen LogP contribution in [0.3, 0.4) is 0 Å². The Balaban J connectivity index is 2.02. The predicted octanol–water partition coefficient (Wildman–Crippen LogP) is 5.89. The first-order chi connectivity index (χ1) is 12.7. The summed E-state index contributed by atoms with van der Waals surface area (Å²) >= 11 is 1.64. The van der Waals surface area contributed by atoms with Crippen LogP contribution < -0.4 is 5.43 Å². The number of aryl methyl sites for hydroxylation is 1. The number of hydrogen-bond donors (Lipinski definition) is 0. The van der Waals surface area contributed by atoms with Crippen LogP contribution in [0.2, 0.25) is 0 Å². The van der Waals surface area contributed by atoms with E-state index in [9.17, 15) is 4.79 Å². The second-order valence-corrected chi connectivity index (χ2v) is 7.53. The molecule has 5 rings (SSSR count). The van der Waals surface area contributed by atoms with Gasteiger partial charge in [0.2, 0.25) is 0 Å². The van der Waals surface area contributed by atoms with Gasteiger partial charge >= 0.3 is 0 Å². The minimum absolute atomic E-state index is 0.0743. The van der Waals surface area contributed by atoms with E-state index in [4.69, 9.17) is 4.98 Å². The van der Waals surface area contributed by atoms with Crippen LogP contribution >= 0.6 is 11.3 Å². The van der Waals surface area contributed by atoms with E-state index in [1.807, 2.05) is 54.6 Å². The van der Waals surface area contributed by atoms with Crippen LogP contribution in [0.4, 0.5) is 0 Å². The summed E-state index contributed by atoms with van der Waals surface area (Å²) in [5, 5.41) is 1.65. The first kappa shape index (κ1) is 15.2. The smallest absolute Gasteiger partial charge is 0.195 e. The Hall–Kier alpha value is -3.04. The molecular formula is C23H15NOS. The molecule has 0 spiro atoms. The molecule has 0 fully saturated rings. The molecule has 1 aliphatic heterocycles. The number of aromatic nitrogens is 1. The largest absolute Gasteiger partial charge is 0.289 e. The normalized spacial score (nSPS) is 11.4. The fraction of sp³-hybridized carbons (Fsp3) is 0.0435. The zero-order valence-corrected chi connectivity index (χ0v) is 15.0. The molecule has 2 nitrogen and oxygen atoms in total. The van der Waals surface area contributed by atoms with Crippen LogP contribution in [0.25, 0.3) is 42.7 Å². The van der Waals surface area contributed by atoms with E-state index in [1.54, 1.807) is 11.3 Å².